The maximum atomic E-state index is 12.4. The highest BCUT2D eigenvalue weighted by molar-refractivity contribution is 7.14. The molecule has 0 unspecified atom stereocenters. The van der Waals surface area contributed by atoms with Gasteiger partial charge in [-0.3, -0.25) is 9.59 Å². The molecule has 0 saturated carbocycles. The summed E-state index contributed by atoms with van der Waals surface area (Å²) in [6, 6.07) is 8.74. The summed E-state index contributed by atoms with van der Waals surface area (Å²) in [5.41, 5.74) is 2.27. The van der Waals surface area contributed by atoms with Crippen molar-refractivity contribution in [2.75, 3.05) is 18.1 Å². The molecule has 1 aromatic heterocycles. The average molecular weight is 371 g/mol. The van der Waals surface area contributed by atoms with E-state index in [4.69, 9.17) is 4.74 Å². The van der Waals surface area contributed by atoms with Gasteiger partial charge >= 0.3 is 5.97 Å². The van der Waals surface area contributed by atoms with Crippen LogP contribution in [0.2, 0.25) is 0 Å². The number of hydrogen-bond donors (Lipinski definition) is 0. The van der Waals surface area contributed by atoms with Gasteiger partial charge in [-0.1, -0.05) is 19.1 Å². The monoisotopic (exact) mass is 371 g/mol. The van der Waals surface area contributed by atoms with Crippen LogP contribution < -0.4 is 4.90 Å². The van der Waals surface area contributed by atoms with Gasteiger partial charge in [0.25, 0.3) is 0 Å². The summed E-state index contributed by atoms with van der Waals surface area (Å²) >= 11 is 1.38. The zero-order chi connectivity index (χ0) is 18.7. The van der Waals surface area contributed by atoms with Gasteiger partial charge in [-0.05, 0) is 43.5 Å². The number of ether oxygens (including phenoxy) is 1. The van der Waals surface area contributed by atoms with E-state index in [1.54, 1.807) is 23.1 Å². The molecule has 3 rings (SSSR count). The molecule has 5 nitrogen and oxygen atoms in total. The Bertz CT molecular complexity index is 855. The zero-order valence-electron chi connectivity index (χ0n) is 14.9. The Morgan fingerprint density at radius 3 is 2.73 bits per heavy atom. The number of amides is 1. The minimum atomic E-state index is -0.475. The van der Waals surface area contributed by atoms with Crippen LogP contribution in [-0.4, -0.2) is 30.8 Å². The maximum absolute atomic E-state index is 12.4. The SMILES string of the molecule is CCc1cc(C(=O)OCC(=O)c2cccc(N3CCCC3=O)c2)sc1C. The molecule has 1 aromatic carbocycles. The lowest BCUT2D eigenvalue weighted by molar-refractivity contribution is -0.117. The molecule has 0 atom stereocenters. The normalized spacial score (nSPS) is 13.9. The Morgan fingerprint density at radius 1 is 1.27 bits per heavy atom. The molecule has 6 heteroatoms. The van der Waals surface area contributed by atoms with Crippen molar-refractivity contribution < 1.29 is 19.1 Å². The molecule has 1 saturated heterocycles. The minimum absolute atomic E-state index is 0.0702. The predicted octanol–water partition coefficient (Wildman–Crippen LogP) is 3.79. The minimum Gasteiger partial charge on any atom is -0.453 e. The van der Waals surface area contributed by atoms with E-state index in [9.17, 15) is 14.4 Å². The van der Waals surface area contributed by atoms with Crippen LogP contribution in [0.3, 0.4) is 0 Å². The third-order valence-corrected chi connectivity index (χ3v) is 5.56. The maximum Gasteiger partial charge on any atom is 0.348 e. The van der Waals surface area contributed by atoms with Crippen molar-refractivity contribution in [3.63, 3.8) is 0 Å². The van der Waals surface area contributed by atoms with Crippen LogP contribution in [0.15, 0.2) is 30.3 Å². The van der Waals surface area contributed by atoms with Gasteiger partial charge < -0.3 is 9.64 Å². The van der Waals surface area contributed by atoms with Crippen LogP contribution in [0.1, 0.15) is 50.2 Å². The van der Waals surface area contributed by atoms with E-state index in [2.05, 4.69) is 0 Å². The second-order valence-electron chi connectivity index (χ2n) is 6.24. The molecule has 136 valence electrons. The molecule has 2 aromatic rings. The quantitative estimate of drug-likeness (QED) is 0.572. The summed E-state index contributed by atoms with van der Waals surface area (Å²) in [4.78, 5) is 39.7. The lowest BCUT2D eigenvalue weighted by Crippen LogP contribution is -2.24. The fourth-order valence-electron chi connectivity index (χ4n) is 3.03. The van der Waals surface area contributed by atoms with Crippen LogP contribution >= 0.6 is 11.3 Å². The van der Waals surface area contributed by atoms with Gasteiger partial charge in [-0.15, -0.1) is 11.3 Å². The van der Waals surface area contributed by atoms with Crippen molar-refractivity contribution in [1.29, 1.82) is 0 Å². The number of benzene rings is 1. The number of rotatable bonds is 6. The largest absolute Gasteiger partial charge is 0.453 e. The van der Waals surface area contributed by atoms with Crippen LogP contribution in [0, 0.1) is 6.92 Å². The van der Waals surface area contributed by atoms with Gasteiger partial charge in [0.1, 0.15) is 4.88 Å². The van der Waals surface area contributed by atoms with Gasteiger partial charge in [-0.2, -0.15) is 0 Å². The number of anilines is 1. The van der Waals surface area contributed by atoms with E-state index in [1.165, 1.54) is 11.3 Å². The summed E-state index contributed by atoms with van der Waals surface area (Å²) in [6.07, 6.45) is 2.22. The molecular formula is C20H21NO4S. The van der Waals surface area contributed by atoms with E-state index in [-0.39, 0.29) is 18.3 Å². The van der Waals surface area contributed by atoms with Crippen LogP contribution in [-0.2, 0) is 16.0 Å². The third kappa shape index (κ3) is 3.85. The first-order chi connectivity index (χ1) is 12.5. The molecule has 0 bridgehead atoms. The Hall–Kier alpha value is -2.47. The standard InChI is InChI=1S/C20H21NO4S/c1-3-14-11-18(26-13(14)2)20(24)25-12-17(22)15-6-4-7-16(10-15)21-9-5-8-19(21)23/h4,6-7,10-11H,3,5,8-9,12H2,1-2H3. The van der Waals surface area contributed by atoms with Gasteiger partial charge in [0.05, 0.1) is 0 Å². The number of nitrogens with zero attached hydrogens (tertiary/aromatic N) is 1. The van der Waals surface area contributed by atoms with Gasteiger partial charge in [0, 0.05) is 29.1 Å². The number of ketones is 1. The van der Waals surface area contributed by atoms with Crippen molar-refractivity contribution in [3.05, 3.63) is 51.2 Å². The van der Waals surface area contributed by atoms with Crippen molar-refractivity contribution in [1.82, 2.24) is 0 Å². The number of thiophene rings is 1. The van der Waals surface area contributed by atoms with Crippen molar-refractivity contribution in [3.8, 4) is 0 Å². The first-order valence-corrected chi connectivity index (χ1v) is 9.51. The van der Waals surface area contributed by atoms with Gasteiger partial charge in [0.2, 0.25) is 5.91 Å². The van der Waals surface area contributed by atoms with Gasteiger partial charge in [0.15, 0.2) is 12.4 Å². The molecule has 0 radical (unpaired) electrons. The molecule has 2 heterocycles. The van der Waals surface area contributed by atoms with Crippen LogP contribution in [0.4, 0.5) is 5.69 Å². The summed E-state index contributed by atoms with van der Waals surface area (Å²) in [5, 5.41) is 0. The Kier molecular flexibility index (Phi) is 5.52. The molecule has 1 aliphatic heterocycles. The summed E-state index contributed by atoms with van der Waals surface area (Å²) < 4.78 is 5.18. The van der Waals surface area contributed by atoms with E-state index < -0.39 is 5.97 Å². The summed E-state index contributed by atoms with van der Waals surface area (Å²) in [5.74, 6) is -0.686. The Balaban J connectivity index is 1.64. The second kappa shape index (κ2) is 7.83. The first kappa shape index (κ1) is 18.3. The summed E-state index contributed by atoms with van der Waals surface area (Å²) in [6.45, 7) is 4.36. The number of hydrogen-bond acceptors (Lipinski definition) is 5. The Labute approximate surface area is 156 Å². The first-order valence-electron chi connectivity index (χ1n) is 8.69. The molecule has 1 fully saturated rings. The van der Waals surface area contributed by atoms with Crippen molar-refractivity contribution in [2.45, 2.75) is 33.1 Å². The number of carbonyl (C=O) groups is 3. The Morgan fingerprint density at radius 2 is 2.08 bits per heavy atom. The molecule has 0 N–H and O–H groups in total. The number of Topliss-reactive ketones (excluding diaryl/α,β-unsaturated/α-hetero) is 1. The molecule has 0 spiro atoms. The van der Waals surface area contributed by atoms with Crippen LogP contribution in [0.25, 0.3) is 0 Å². The predicted molar refractivity (Wildman–Crippen MR) is 101 cm³/mol. The molecule has 0 aliphatic carbocycles. The topological polar surface area (TPSA) is 63.7 Å². The highest BCUT2D eigenvalue weighted by atomic mass is 32.1. The molecule has 1 aliphatic rings. The van der Waals surface area contributed by atoms with E-state index in [0.29, 0.717) is 29.1 Å². The highest BCUT2D eigenvalue weighted by Gasteiger charge is 2.22. The smallest absolute Gasteiger partial charge is 0.348 e. The van der Waals surface area contributed by atoms with E-state index in [0.717, 1.165) is 23.3 Å². The molecule has 26 heavy (non-hydrogen) atoms. The van der Waals surface area contributed by atoms with Crippen molar-refractivity contribution >= 4 is 34.7 Å². The summed E-state index contributed by atoms with van der Waals surface area (Å²) in [7, 11) is 0. The van der Waals surface area contributed by atoms with E-state index in [1.807, 2.05) is 26.0 Å². The number of aryl methyl sites for hydroxylation is 2. The molecule has 1 amide bonds. The third-order valence-electron chi connectivity index (χ3n) is 4.49. The van der Waals surface area contributed by atoms with E-state index >= 15 is 0 Å². The highest BCUT2D eigenvalue weighted by Crippen LogP contribution is 2.24. The second-order valence-corrected chi connectivity index (χ2v) is 7.50. The molecular weight excluding hydrogens is 350 g/mol. The van der Waals surface area contributed by atoms with Gasteiger partial charge in [-0.25, -0.2) is 4.79 Å². The fraction of sp³-hybridized carbons (Fsp3) is 0.350. The average Bonchev–Trinajstić information content (AvgIpc) is 3.24. The number of esters is 1. The fourth-order valence-corrected chi connectivity index (χ4v) is 4.03. The lowest BCUT2D eigenvalue weighted by atomic mass is 10.1. The van der Waals surface area contributed by atoms with Crippen molar-refractivity contribution in [2.24, 2.45) is 0 Å². The number of carbonyl (C=O) groups excluding carboxylic acids is 3. The lowest BCUT2D eigenvalue weighted by Gasteiger charge is -2.16. The van der Waals surface area contributed by atoms with Crippen LogP contribution in [0.5, 0.6) is 0 Å². The zero-order valence-corrected chi connectivity index (χ0v) is 15.7.